The van der Waals surface area contributed by atoms with Crippen LogP contribution >= 0.6 is 55.1 Å². The van der Waals surface area contributed by atoms with Gasteiger partial charge in [0.15, 0.2) is 0 Å². The van der Waals surface area contributed by atoms with Gasteiger partial charge in [0, 0.05) is 8.95 Å². The first kappa shape index (κ1) is 11.5. The molecular formula is C10H4Br2Cl2O. The van der Waals surface area contributed by atoms with Gasteiger partial charge in [-0.15, -0.1) is 0 Å². The van der Waals surface area contributed by atoms with Crippen LogP contribution in [0.4, 0.5) is 0 Å². The Bertz CT molecular complexity index is 495. The van der Waals surface area contributed by atoms with Gasteiger partial charge in [-0.1, -0.05) is 23.2 Å². The Balaban J connectivity index is 2.72. The maximum atomic E-state index is 6.12. The third kappa shape index (κ3) is 2.11. The molecule has 0 saturated carbocycles. The summed E-state index contributed by atoms with van der Waals surface area (Å²) < 4.78 is 6.76. The molecule has 0 radical (unpaired) electrons. The summed E-state index contributed by atoms with van der Waals surface area (Å²) in [6.45, 7) is 0. The van der Waals surface area contributed by atoms with Crippen LogP contribution in [0.3, 0.4) is 0 Å². The van der Waals surface area contributed by atoms with E-state index in [0.717, 1.165) is 14.5 Å². The van der Waals surface area contributed by atoms with Crippen LogP contribution in [-0.4, -0.2) is 0 Å². The molecule has 2 rings (SSSR count). The predicted octanol–water partition coefficient (Wildman–Crippen LogP) is 5.78. The van der Waals surface area contributed by atoms with E-state index in [0.29, 0.717) is 15.8 Å². The summed E-state index contributed by atoms with van der Waals surface area (Å²) >= 11 is 18.9. The van der Waals surface area contributed by atoms with Gasteiger partial charge in [-0.05, 0) is 50.1 Å². The van der Waals surface area contributed by atoms with Crippen LogP contribution in [0.15, 0.2) is 37.8 Å². The van der Waals surface area contributed by atoms with Crippen LogP contribution in [0.25, 0.3) is 11.3 Å². The van der Waals surface area contributed by atoms with Gasteiger partial charge in [0.05, 0.1) is 21.9 Å². The Morgan fingerprint density at radius 3 is 2.53 bits per heavy atom. The lowest BCUT2D eigenvalue weighted by atomic mass is 10.2. The normalized spacial score (nSPS) is 10.7. The van der Waals surface area contributed by atoms with Crippen molar-refractivity contribution >= 4 is 55.1 Å². The number of hydrogen-bond acceptors (Lipinski definition) is 1. The molecule has 0 unspecified atom stereocenters. The lowest BCUT2D eigenvalue weighted by Gasteiger charge is -2.07. The molecule has 0 aliphatic heterocycles. The predicted molar refractivity (Wildman–Crippen MR) is 69.6 cm³/mol. The molecule has 1 nitrogen and oxygen atoms in total. The van der Waals surface area contributed by atoms with Crippen molar-refractivity contribution in [3.05, 3.63) is 43.5 Å². The van der Waals surface area contributed by atoms with E-state index in [4.69, 9.17) is 27.6 Å². The van der Waals surface area contributed by atoms with Gasteiger partial charge in [-0.25, -0.2) is 0 Å². The van der Waals surface area contributed by atoms with Crippen LogP contribution in [0.5, 0.6) is 0 Å². The zero-order valence-corrected chi connectivity index (χ0v) is 11.9. The molecule has 15 heavy (non-hydrogen) atoms. The maximum Gasteiger partial charge on any atom is 0.136 e. The number of furan rings is 1. The summed E-state index contributed by atoms with van der Waals surface area (Å²) in [6.07, 6.45) is 1.59. The summed E-state index contributed by atoms with van der Waals surface area (Å²) in [5, 5.41) is 1.15. The lowest BCUT2D eigenvalue weighted by Crippen LogP contribution is -1.82. The second kappa shape index (κ2) is 4.50. The highest BCUT2D eigenvalue weighted by atomic mass is 79.9. The molecule has 5 heteroatoms. The molecule has 0 saturated heterocycles. The van der Waals surface area contributed by atoms with Crippen molar-refractivity contribution in [1.82, 2.24) is 0 Å². The highest BCUT2D eigenvalue weighted by molar-refractivity contribution is 9.11. The minimum Gasteiger partial charge on any atom is -0.464 e. The minimum absolute atomic E-state index is 0.575. The summed E-state index contributed by atoms with van der Waals surface area (Å²) in [4.78, 5) is 0. The Labute approximate surface area is 114 Å². The highest BCUT2D eigenvalue weighted by Crippen LogP contribution is 2.43. The summed E-state index contributed by atoms with van der Waals surface area (Å²) in [5.41, 5.74) is 0.759. The quantitative estimate of drug-likeness (QED) is 0.458. The molecule has 0 amide bonds. The Kier molecular flexibility index (Phi) is 3.45. The second-order valence-electron chi connectivity index (χ2n) is 2.82. The van der Waals surface area contributed by atoms with Crippen LogP contribution in [0.1, 0.15) is 0 Å². The molecule has 1 heterocycles. The van der Waals surface area contributed by atoms with Crippen molar-refractivity contribution < 1.29 is 4.42 Å². The standard InChI is InChI=1S/C10H4Br2Cl2O/c11-5-4-6(13)8(9(12)10(5)14)7-2-1-3-15-7/h1-4H. The van der Waals surface area contributed by atoms with Gasteiger partial charge < -0.3 is 4.42 Å². The van der Waals surface area contributed by atoms with Crippen LogP contribution in [0, 0.1) is 0 Å². The molecular weight excluding hydrogens is 367 g/mol. The number of halogens is 4. The third-order valence-corrected chi connectivity index (χ3v) is 4.45. The minimum atomic E-state index is 0.575. The smallest absolute Gasteiger partial charge is 0.136 e. The molecule has 2 aromatic rings. The van der Waals surface area contributed by atoms with E-state index in [-0.39, 0.29) is 0 Å². The summed E-state index contributed by atoms with van der Waals surface area (Å²) in [5.74, 6) is 0.682. The fraction of sp³-hybridized carbons (Fsp3) is 0. The zero-order valence-electron chi connectivity index (χ0n) is 7.23. The lowest BCUT2D eigenvalue weighted by molar-refractivity contribution is 0.582. The molecule has 1 aromatic carbocycles. The largest absolute Gasteiger partial charge is 0.464 e. The zero-order chi connectivity index (χ0) is 11.0. The molecule has 0 bridgehead atoms. The molecule has 1 aromatic heterocycles. The molecule has 78 valence electrons. The Hall–Kier alpha value is 0.0400. The Morgan fingerprint density at radius 1 is 1.20 bits per heavy atom. The number of rotatable bonds is 1. The Morgan fingerprint density at radius 2 is 1.93 bits per heavy atom. The number of hydrogen-bond donors (Lipinski definition) is 0. The SMILES string of the molecule is Clc1cc(Br)c(Cl)c(Br)c1-c1ccco1. The molecule has 0 atom stereocenters. The highest BCUT2D eigenvalue weighted by Gasteiger charge is 2.16. The fourth-order valence-corrected chi connectivity index (χ4v) is 3.22. The van der Waals surface area contributed by atoms with Gasteiger partial charge in [-0.2, -0.15) is 0 Å². The topological polar surface area (TPSA) is 13.1 Å². The van der Waals surface area contributed by atoms with Gasteiger partial charge >= 0.3 is 0 Å². The van der Waals surface area contributed by atoms with Crippen LogP contribution < -0.4 is 0 Å². The first-order chi connectivity index (χ1) is 7.11. The summed E-state index contributed by atoms with van der Waals surface area (Å²) in [7, 11) is 0. The van der Waals surface area contributed by atoms with Gasteiger partial charge in [-0.3, -0.25) is 0 Å². The average Bonchev–Trinajstić information content (AvgIpc) is 2.68. The van der Waals surface area contributed by atoms with E-state index in [2.05, 4.69) is 31.9 Å². The van der Waals surface area contributed by atoms with E-state index in [1.165, 1.54) is 0 Å². The molecule has 0 N–H and O–H groups in total. The van der Waals surface area contributed by atoms with E-state index >= 15 is 0 Å². The van der Waals surface area contributed by atoms with Gasteiger partial charge in [0.2, 0.25) is 0 Å². The van der Waals surface area contributed by atoms with E-state index in [1.807, 2.05) is 6.07 Å². The summed E-state index contributed by atoms with van der Waals surface area (Å²) in [6, 6.07) is 5.37. The van der Waals surface area contributed by atoms with E-state index in [9.17, 15) is 0 Å². The van der Waals surface area contributed by atoms with Crippen molar-refractivity contribution in [3.63, 3.8) is 0 Å². The third-order valence-electron chi connectivity index (χ3n) is 1.88. The van der Waals surface area contributed by atoms with Crippen molar-refractivity contribution in [1.29, 1.82) is 0 Å². The van der Waals surface area contributed by atoms with E-state index < -0.39 is 0 Å². The monoisotopic (exact) mass is 368 g/mol. The van der Waals surface area contributed by atoms with Gasteiger partial charge in [0.1, 0.15) is 5.76 Å². The fourth-order valence-electron chi connectivity index (χ4n) is 1.21. The van der Waals surface area contributed by atoms with E-state index in [1.54, 1.807) is 18.4 Å². The molecule has 0 aliphatic rings. The maximum absolute atomic E-state index is 6.12. The van der Waals surface area contributed by atoms with Crippen molar-refractivity contribution in [2.75, 3.05) is 0 Å². The molecule has 0 spiro atoms. The van der Waals surface area contributed by atoms with Crippen LogP contribution in [0.2, 0.25) is 10.0 Å². The van der Waals surface area contributed by atoms with Gasteiger partial charge in [0.25, 0.3) is 0 Å². The first-order valence-corrected chi connectivity index (χ1v) is 6.32. The second-order valence-corrected chi connectivity index (χ2v) is 5.25. The molecule has 0 aliphatic carbocycles. The van der Waals surface area contributed by atoms with Crippen molar-refractivity contribution in [3.8, 4) is 11.3 Å². The molecule has 0 fully saturated rings. The average molecular weight is 371 g/mol. The van der Waals surface area contributed by atoms with Crippen molar-refractivity contribution in [2.45, 2.75) is 0 Å². The van der Waals surface area contributed by atoms with Crippen molar-refractivity contribution in [2.24, 2.45) is 0 Å². The number of benzene rings is 1. The van der Waals surface area contributed by atoms with Crippen LogP contribution in [-0.2, 0) is 0 Å². The first-order valence-electron chi connectivity index (χ1n) is 3.98.